The molecule has 2 aromatic rings. The summed E-state index contributed by atoms with van der Waals surface area (Å²) in [5.41, 5.74) is 4.17. The van der Waals surface area contributed by atoms with Crippen LogP contribution in [0.1, 0.15) is 12.6 Å². The highest BCUT2D eigenvalue weighted by atomic mass is 16.5. The van der Waals surface area contributed by atoms with E-state index in [1.54, 1.807) is 13.8 Å². The van der Waals surface area contributed by atoms with E-state index in [-0.39, 0.29) is 0 Å². The lowest BCUT2D eigenvalue weighted by atomic mass is 10.3. The predicted octanol–water partition coefficient (Wildman–Crippen LogP) is 0.695. The van der Waals surface area contributed by atoms with Crippen LogP contribution in [0.5, 0.6) is 5.88 Å². The van der Waals surface area contributed by atoms with E-state index >= 15 is 0 Å². The van der Waals surface area contributed by atoms with E-state index in [0.717, 1.165) is 11.0 Å². The number of hydrogen-bond acceptors (Lipinski definition) is 5. The maximum Gasteiger partial charge on any atom is 0.274 e. The Morgan fingerprint density at radius 1 is 1.33 bits per heavy atom. The fourth-order valence-corrected chi connectivity index (χ4v) is 1.52. The first-order valence-corrected chi connectivity index (χ1v) is 5.52. The summed E-state index contributed by atoms with van der Waals surface area (Å²) < 4.78 is 5.44. The molecule has 0 fully saturated rings. The van der Waals surface area contributed by atoms with E-state index in [4.69, 9.17) is 10.6 Å². The van der Waals surface area contributed by atoms with Gasteiger partial charge in [0.15, 0.2) is 6.10 Å². The number of hydrogen-bond donors (Lipinski definition) is 2. The molecule has 0 spiro atoms. The Balaban J connectivity index is 2.33. The standard InChI is InChI=1S/C12H14N4O2/c1-7-12(18-8(2)11(17)16-13)15-10-6-4-3-5-9(10)14-7/h3-6,8H,13H2,1-2H3,(H,16,17). The second-order valence-electron chi connectivity index (χ2n) is 3.87. The van der Waals surface area contributed by atoms with Gasteiger partial charge in [-0.1, -0.05) is 12.1 Å². The fourth-order valence-electron chi connectivity index (χ4n) is 1.52. The van der Waals surface area contributed by atoms with Gasteiger partial charge >= 0.3 is 0 Å². The molecule has 1 unspecified atom stereocenters. The van der Waals surface area contributed by atoms with Gasteiger partial charge in [0, 0.05) is 0 Å². The summed E-state index contributed by atoms with van der Waals surface area (Å²) in [6.45, 7) is 3.38. The number of rotatable bonds is 3. The number of carbonyl (C=O) groups excluding carboxylic acids is 1. The van der Waals surface area contributed by atoms with Crippen molar-refractivity contribution in [2.24, 2.45) is 5.84 Å². The molecule has 94 valence electrons. The third kappa shape index (κ3) is 2.38. The molecule has 0 aliphatic rings. The lowest BCUT2D eigenvalue weighted by Crippen LogP contribution is -2.40. The van der Waals surface area contributed by atoms with Crippen LogP contribution in [-0.4, -0.2) is 22.0 Å². The fraction of sp³-hybridized carbons (Fsp3) is 0.250. The van der Waals surface area contributed by atoms with Gasteiger partial charge in [0.25, 0.3) is 5.91 Å². The number of amides is 1. The minimum absolute atomic E-state index is 0.338. The number of ether oxygens (including phenoxy) is 1. The molecule has 18 heavy (non-hydrogen) atoms. The summed E-state index contributed by atoms with van der Waals surface area (Å²) in [6, 6.07) is 7.46. The first-order valence-electron chi connectivity index (χ1n) is 5.52. The van der Waals surface area contributed by atoms with Crippen LogP contribution in [-0.2, 0) is 4.79 Å². The van der Waals surface area contributed by atoms with E-state index in [2.05, 4.69) is 9.97 Å². The minimum atomic E-state index is -0.718. The topological polar surface area (TPSA) is 90.1 Å². The predicted molar refractivity (Wildman–Crippen MR) is 66.7 cm³/mol. The number of benzene rings is 1. The largest absolute Gasteiger partial charge is 0.463 e. The number of para-hydroxylation sites is 2. The zero-order chi connectivity index (χ0) is 13.1. The van der Waals surface area contributed by atoms with Gasteiger partial charge in [0.2, 0.25) is 5.88 Å². The van der Waals surface area contributed by atoms with Crippen LogP contribution in [0, 0.1) is 6.92 Å². The first-order chi connectivity index (χ1) is 8.61. The van der Waals surface area contributed by atoms with Crippen molar-refractivity contribution in [3.05, 3.63) is 30.0 Å². The van der Waals surface area contributed by atoms with Crippen LogP contribution in [0.2, 0.25) is 0 Å². The number of aryl methyl sites for hydroxylation is 1. The van der Waals surface area contributed by atoms with Crippen molar-refractivity contribution in [1.29, 1.82) is 0 Å². The molecule has 0 saturated carbocycles. The molecule has 0 radical (unpaired) electrons. The number of carbonyl (C=O) groups is 1. The van der Waals surface area contributed by atoms with Crippen molar-refractivity contribution < 1.29 is 9.53 Å². The van der Waals surface area contributed by atoms with Crippen LogP contribution in [0.25, 0.3) is 11.0 Å². The van der Waals surface area contributed by atoms with Gasteiger partial charge in [-0.3, -0.25) is 10.2 Å². The number of nitrogens with two attached hydrogens (primary N) is 1. The Labute approximate surface area is 104 Å². The Morgan fingerprint density at radius 3 is 2.56 bits per heavy atom. The Bertz CT molecular complexity index is 585. The summed E-state index contributed by atoms with van der Waals surface area (Å²) in [4.78, 5) is 20.0. The highest BCUT2D eigenvalue weighted by Gasteiger charge is 2.16. The summed E-state index contributed by atoms with van der Waals surface area (Å²) in [7, 11) is 0. The zero-order valence-corrected chi connectivity index (χ0v) is 10.2. The van der Waals surface area contributed by atoms with E-state index < -0.39 is 12.0 Å². The smallest absolute Gasteiger partial charge is 0.274 e. The second kappa shape index (κ2) is 4.97. The average molecular weight is 246 g/mol. The van der Waals surface area contributed by atoms with Gasteiger partial charge in [-0.25, -0.2) is 15.8 Å². The summed E-state index contributed by atoms with van der Waals surface area (Å²) >= 11 is 0. The molecular formula is C12H14N4O2. The highest BCUT2D eigenvalue weighted by Crippen LogP contribution is 2.18. The molecule has 0 bridgehead atoms. The Kier molecular flexibility index (Phi) is 3.38. The molecule has 6 heteroatoms. The molecule has 1 aromatic carbocycles. The molecule has 1 atom stereocenters. The van der Waals surface area contributed by atoms with Gasteiger partial charge in [-0.05, 0) is 26.0 Å². The molecule has 2 rings (SSSR count). The third-order valence-electron chi connectivity index (χ3n) is 2.50. The molecule has 3 N–H and O–H groups in total. The number of nitrogens with one attached hydrogen (secondary N) is 1. The molecular weight excluding hydrogens is 232 g/mol. The molecule has 6 nitrogen and oxygen atoms in total. The van der Waals surface area contributed by atoms with E-state index in [1.807, 2.05) is 29.7 Å². The molecule has 0 aliphatic carbocycles. The SMILES string of the molecule is Cc1nc2ccccc2nc1OC(C)C(=O)NN. The first kappa shape index (κ1) is 12.3. The van der Waals surface area contributed by atoms with Gasteiger partial charge in [-0.15, -0.1) is 0 Å². The van der Waals surface area contributed by atoms with Gasteiger partial charge in [0.1, 0.15) is 5.69 Å². The van der Waals surface area contributed by atoms with Gasteiger partial charge in [0.05, 0.1) is 11.0 Å². The lowest BCUT2D eigenvalue weighted by molar-refractivity contribution is -0.127. The van der Waals surface area contributed by atoms with E-state index in [1.165, 1.54) is 0 Å². The average Bonchev–Trinajstić information content (AvgIpc) is 2.38. The number of nitrogens with zero attached hydrogens (tertiary/aromatic N) is 2. The second-order valence-corrected chi connectivity index (χ2v) is 3.87. The van der Waals surface area contributed by atoms with Crippen LogP contribution < -0.4 is 16.0 Å². The van der Waals surface area contributed by atoms with Crippen LogP contribution in [0.3, 0.4) is 0 Å². The third-order valence-corrected chi connectivity index (χ3v) is 2.50. The van der Waals surface area contributed by atoms with Gasteiger partial charge < -0.3 is 4.74 Å². The maximum atomic E-state index is 11.3. The molecule has 0 aliphatic heterocycles. The summed E-state index contributed by atoms with van der Waals surface area (Å²) in [5.74, 6) is 4.96. The number of hydrazine groups is 1. The van der Waals surface area contributed by atoms with Crippen LogP contribution in [0.15, 0.2) is 24.3 Å². The van der Waals surface area contributed by atoms with E-state index in [9.17, 15) is 4.79 Å². The Morgan fingerprint density at radius 2 is 1.94 bits per heavy atom. The zero-order valence-electron chi connectivity index (χ0n) is 10.2. The molecule has 1 amide bonds. The lowest BCUT2D eigenvalue weighted by Gasteiger charge is -2.13. The minimum Gasteiger partial charge on any atom is -0.463 e. The van der Waals surface area contributed by atoms with Crippen molar-refractivity contribution in [1.82, 2.24) is 15.4 Å². The van der Waals surface area contributed by atoms with Crippen LogP contribution in [0.4, 0.5) is 0 Å². The number of aromatic nitrogens is 2. The summed E-state index contributed by atoms with van der Waals surface area (Å²) in [6.07, 6.45) is -0.718. The normalized spacial score (nSPS) is 12.2. The van der Waals surface area contributed by atoms with Crippen molar-refractivity contribution in [2.75, 3.05) is 0 Å². The maximum absolute atomic E-state index is 11.3. The van der Waals surface area contributed by atoms with Crippen molar-refractivity contribution in [3.63, 3.8) is 0 Å². The number of fused-ring (bicyclic) bond motifs is 1. The highest BCUT2D eigenvalue weighted by molar-refractivity contribution is 5.80. The van der Waals surface area contributed by atoms with Crippen molar-refractivity contribution in [3.8, 4) is 5.88 Å². The molecule has 1 aromatic heterocycles. The monoisotopic (exact) mass is 246 g/mol. The summed E-state index contributed by atoms with van der Waals surface area (Å²) in [5, 5.41) is 0. The quantitative estimate of drug-likeness (QED) is 0.472. The molecule has 0 saturated heterocycles. The van der Waals surface area contributed by atoms with Gasteiger partial charge in [-0.2, -0.15) is 0 Å². The molecule has 1 heterocycles. The van der Waals surface area contributed by atoms with Crippen molar-refractivity contribution in [2.45, 2.75) is 20.0 Å². The van der Waals surface area contributed by atoms with Crippen LogP contribution >= 0.6 is 0 Å². The Hall–Kier alpha value is -2.21. The van der Waals surface area contributed by atoms with E-state index in [0.29, 0.717) is 11.6 Å². The van der Waals surface area contributed by atoms with Crippen molar-refractivity contribution >= 4 is 16.9 Å².